The van der Waals surface area contributed by atoms with E-state index in [1.807, 2.05) is 29.6 Å². The Morgan fingerprint density at radius 3 is 2.95 bits per heavy atom. The van der Waals surface area contributed by atoms with Gasteiger partial charge in [-0.05, 0) is 36.1 Å². The Labute approximate surface area is 129 Å². The van der Waals surface area contributed by atoms with Gasteiger partial charge in [0.15, 0.2) is 0 Å². The molecule has 0 unspecified atom stereocenters. The summed E-state index contributed by atoms with van der Waals surface area (Å²) >= 11 is 1.59. The van der Waals surface area contributed by atoms with Crippen LogP contribution in [0.1, 0.15) is 18.5 Å². The van der Waals surface area contributed by atoms with E-state index in [1.54, 1.807) is 17.7 Å². The van der Waals surface area contributed by atoms with Crippen molar-refractivity contribution in [2.24, 2.45) is 0 Å². The number of hydrogen-bond acceptors (Lipinski definition) is 5. The summed E-state index contributed by atoms with van der Waals surface area (Å²) < 4.78 is 0. The molecule has 6 nitrogen and oxygen atoms in total. The molecule has 0 bridgehead atoms. The van der Waals surface area contributed by atoms with Crippen molar-refractivity contribution < 1.29 is 0 Å². The van der Waals surface area contributed by atoms with Crippen molar-refractivity contribution in [3.05, 3.63) is 52.0 Å². The van der Waals surface area contributed by atoms with Crippen LogP contribution in [0.15, 0.2) is 40.8 Å². The fraction of sp³-hybridized carbons (Fsp3) is 0.133. The number of nitrogens with one attached hydrogen (secondary N) is 3. The number of anilines is 1. The third kappa shape index (κ3) is 2.15. The zero-order valence-corrected chi connectivity index (χ0v) is 12.6. The maximum absolute atomic E-state index is 11.3. The third-order valence-corrected chi connectivity index (χ3v) is 4.48. The van der Waals surface area contributed by atoms with Crippen LogP contribution in [0.3, 0.4) is 0 Å². The fourth-order valence-corrected chi connectivity index (χ4v) is 3.25. The Balaban J connectivity index is 1.69. The van der Waals surface area contributed by atoms with Crippen molar-refractivity contribution in [3.8, 4) is 0 Å². The van der Waals surface area contributed by atoms with Gasteiger partial charge in [0.05, 0.1) is 22.5 Å². The summed E-state index contributed by atoms with van der Waals surface area (Å²) in [6.07, 6.45) is 1.57. The van der Waals surface area contributed by atoms with Crippen LogP contribution in [0.4, 0.5) is 5.82 Å². The molecule has 0 saturated heterocycles. The number of aromatic nitrogens is 4. The topological polar surface area (TPSA) is 86.5 Å². The van der Waals surface area contributed by atoms with Crippen LogP contribution in [-0.2, 0) is 0 Å². The predicted molar refractivity (Wildman–Crippen MR) is 88.4 cm³/mol. The lowest BCUT2D eigenvalue weighted by molar-refractivity contribution is 0.877. The molecular weight excluding hydrogens is 298 g/mol. The quantitative estimate of drug-likeness (QED) is 0.543. The van der Waals surface area contributed by atoms with E-state index in [0.29, 0.717) is 0 Å². The molecule has 3 aromatic heterocycles. The highest BCUT2D eigenvalue weighted by Gasteiger charge is 2.11. The first-order valence-electron chi connectivity index (χ1n) is 6.87. The van der Waals surface area contributed by atoms with Gasteiger partial charge >= 0.3 is 5.69 Å². The lowest BCUT2D eigenvalue weighted by Gasteiger charge is -2.15. The van der Waals surface area contributed by atoms with Crippen molar-refractivity contribution in [3.63, 3.8) is 0 Å². The van der Waals surface area contributed by atoms with Crippen molar-refractivity contribution in [1.82, 2.24) is 19.9 Å². The minimum Gasteiger partial charge on any atom is -0.363 e. The summed E-state index contributed by atoms with van der Waals surface area (Å²) in [6.45, 7) is 2.06. The Bertz CT molecular complexity index is 1020. The average Bonchev–Trinajstić information content (AvgIpc) is 3.11. The minimum absolute atomic E-state index is 0.0563. The molecule has 0 spiro atoms. The van der Waals surface area contributed by atoms with E-state index >= 15 is 0 Å². The molecule has 1 aromatic carbocycles. The number of H-pyrrole nitrogens is 2. The fourth-order valence-electron chi connectivity index (χ4n) is 2.51. The summed E-state index contributed by atoms with van der Waals surface area (Å²) in [5.74, 6) is 0.821. The first-order valence-corrected chi connectivity index (χ1v) is 7.75. The molecule has 22 heavy (non-hydrogen) atoms. The van der Waals surface area contributed by atoms with E-state index in [4.69, 9.17) is 0 Å². The summed E-state index contributed by atoms with van der Waals surface area (Å²) in [4.78, 5) is 26.4. The van der Waals surface area contributed by atoms with E-state index in [2.05, 4.69) is 32.2 Å². The molecule has 3 N–H and O–H groups in total. The number of fused-ring (bicyclic) bond motifs is 2. The van der Waals surface area contributed by atoms with Crippen LogP contribution in [0.25, 0.3) is 21.3 Å². The molecule has 4 rings (SSSR count). The van der Waals surface area contributed by atoms with Crippen molar-refractivity contribution >= 4 is 38.4 Å². The van der Waals surface area contributed by atoms with E-state index in [1.165, 1.54) is 0 Å². The largest absolute Gasteiger partial charge is 0.363 e. The number of imidazole rings is 1. The van der Waals surface area contributed by atoms with Crippen LogP contribution in [0, 0.1) is 0 Å². The van der Waals surface area contributed by atoms with Crippen LogP contribution < -0.4 is 11.0 Å². The maximum Gasteiger partial charge on any atom is 0.323 e. The number of aromatic amines is 2. The molecule has 110 valence electrons. The van der Waals surface area contributed by atoms with Crippen molar-refractivity contribution in [2.45, 2.75) is 13.0 Å². The van der Waals surface area contributed by atoms with Crippen molar-refractivity contribution in [2.75, 3.05) is 5.32 Å². The minimum atomic E-state index is -0.191. The van der Waals surface area contributed by atoms with Crippen LogP contribution in [0.5, 0.6) is 0 Å². The Kier molecular flexibility index (Phi) is 2.93. The summed E-state index contributed by atoms with van der Waals surface area (Å²) in [7, 11) is 0. The molecule has 0 aliphatic carbocycles. The average molecular weight is 311 g/mol. The first-order chi connectivity index (χ1) is 10.7. The van der Waals surface area contributed by atoms with E-state index < -0.39 is 0 Å². The lowest BCUT2D eigenvalue weighted by Crippen LogP contribution is -2.08. The van der Waals surface area contributed by atoms with Gasteiger partial charge in [0.1, 0.15) is 17.0 Å². The van der Waals surface area contributed by atoms with Crippen LogP contribution in [0.2, 0.25) is 0 Å². The second-order valence-electron chi connectivity index (χ2n) is 5.11. The third-order valence-electron chi connectivity index (χ3n) is 3.65. The first kappa shape index (κ1) is 13.0. The number of thiophene rings is 1. The van der Waals surface area contributed by atoms with Gasteiger partial charge in [-0.25, -0.2) is 14.8 Å². The number of benzene rings is 1. The summed E-state index contributed by atoms with van der Waals surface area (Å²) in [5, 5.41) is 6.44. The standard InChI is InChI=1S/C15H13N5OS/c1-8(9-2-3-11-12(6-9)20-15(21)19-11)18-13-10-4-5-22-14(10)17-7-16-13/h2-8H,1H3,(H,16,17,18)(H2,19,20,21)/t8-/m1/s1. The monoisotopic (exact) mass is 311 g/mol. The maximum atomic E-state index is 11.3. The molecule has 0 amide bonds. The number of nitrogens with zero attached hydrogens (tertiary/aromatic N) is 2. The molecule has 0 saturated carbocycles. The van der Waals surface area contributed by atoms with Crippen LogP contribution in [-0.4, -0.2) is 19.9 Å². The second kappa shape index (κ2) is 4.96. The summed E-state index contributed by atoms with van der Waals surface area (Å²) in [5.41, 5.74) is 2.50. The molecular formula is C15H13N5OS. The summed E-state index contributed by atoms with van der Waals surface area (Å²) in [6, 6.07) is 7.94. The predicted octanol–water partition coefficient (Wildman–Crippen LogP) is 3.03. The Hall–Kier alpha value is -2.67. The van der Waals surface area contributed by atoms with Crippen molar-refractivity contribution in [1.29, 1.82) is 0 Å². The lowest BCUT2D eigenvalue weighted by atomic mass is 10.1. The molecule has 4 aromatic rings. The highest BCUT2D eigenvalue weighted by atomic mass is 32.1. The smallest absolute Gasteiger partial charge is 0.323 e. The SMILES string of the molecule is C[C@@H](Nc1ncnc2sccc12)c1ccc2[nH]c(=O)[nH]c2c1. The molecule has 1 atom stereocenters. The molecule has 0 radical (unpaired) electrons. The van der Waals surface area contributed by atoms with Crippen LogP contribution >= 0.6 is 11.3 Å². The van der Waals surface area contributed by atoms with E-state index in [-0.39, 0.29) is 11.7 Å². The zero-order valence-electron chi connectivity index (χ0n) is 11.8. The Morgan fingerprint density at radius 1 is 1.18 bits per heavy atom. The molecule has 3 heterocycles. The van der Waals surface area contributed by atoms with Gasteiger partial charge < -0.3 is 15.3 Å². The number of hydrogen-bond donors (Lipinski definition) is 3. The molecule has 0 fully saturated rings. The van der Waals surface area contributed by atoms with Gasteiger partial charge in [-0.2, -0.15) is 0 Å². The van der Waals surface area contributed by atoms with Gasteiger partial charge in [0.25, 0.3) is 0 Å². The van der Waals surface area contributed by atoms with E-state index in [9.17, 15) is 4.79 Å². The number of rotatable bonds is 3. The molecule has 7 heteroatoms. The molecule has 0 aliphatic heterocycles. The Morgan fingerprint density at radius 2 is 2.05 bits per heavy atom. The highest BCUT2D eigenvalue weighted by molar-refractivity contribution is 7.16. The van der Waals surface area contributed by atoms with Gasteiger partial charge in [-0.3, -0.25) is 0 Å². The van der Waals surface area contributed by atoms with Gasteiger partial charge in [-0.15, -0.1) is 11.3 Å². The van der Waals surface area contributed by atoms with E-state index in [0.717, 1.165) is 32.6 Å². The molecule has 0 aliphatic rings. The van der Waals surface area contributed by atoms with Gasteiger partial charge in [-0.1, -0.05) is 6.07 Å². The second-order valence-corrected chi connectivity index (χ2v) is 6.01. The van der Waals surface area contributed by atoms with Gasteiger partial charge in [0, 0.05) is 0 Å². The zero-order chi connectivity index (χ0) is 15.1. The highest BCUT2D eigenvalue weighted by Crippen LogP contribution is 2.27. The normalized spacial score (nSPS) is 12.8. The van der Waals surface area contributed by atoms with Gasteiger partial charge in [0.2, 0.25) is 0 Å².